The first-order chi connectivity index (χ1) is 7.43. The smallest absolute Gasteiger partial charge is 0.348 e. The van der Waals surface area contributed by atoms with Gasteiger partial charge in [-0.05, 0) is 25.0 Å². The average molecular weight is 245 g/mol. The molecule has 0 aliphatic rings. The summed E-state index contributed by atoms with van der Waals surface area (Å²) in [4.78, 5) is 11.3. The van der Waals surface area contributed by atoms with Crippen LogP contribution in [0.2, 0.25) is 5.02 Å². The van der Waals surface area contributed by atoms with E-state index >= 15 is 0 Å². The first-order valence-corrected chi connectivity index (χ1v) is 5.37. The first-order valence-electron chi connectivity index (χ1n) is 4.99. The number of esters is 1. The van der Waals surface area contributed by atoms with E-state index in [9.17, 15) is 9.18 Å². The van der Waals surface area contributed by atoms with Crippen LogP contribution in [0.25, 0.3) is 0 Å². The van der Waals surface area contributed by atoms with Crippen LogP contribution >= 0.6 is 11.6 Å². The SMILES string of the molecule is CCc1ccc(C(C)(F)C(=O)OC)cc1Cl. The van der Waals surface area contributed by atoms with Crippen LogP contribution in [0.15, 0.2) is 18.2 Å². The molecule has 0 radical (unpaired) electrons. The van der Waals surface area contributed by atoms with E-state index in [0.29, 0.717) is 5.02 Å². The van der Waals surface area contributed by atoms with Gasteiger partial charge in [0.25, 0.3) is 0 Å². The maximum absolute atomic E-state index is 14.1. The number of ether oxygens (including phenoxy) is 1. The maximum atomic E-state index is 14.1. The van der Waals surface area contributed by atoms with Gasteiger partial charge in [0.1, 0.15) is 0 Å². The average Bonchev–Trinajstić information content (AvgIpc) is 2.27. The fraction of sp³-hybridized carbons (Fsp3) is 0.417. The minimum absolute atomic E-state index is 0.210. The Morgan fingerprint density at radius 1 is 1.56 bits per heavy atom. The number of rotatable bonds is 3. The molecule has 1 rings (SSSR count). The highest BCUT2D eigenvalue weighted by atomic mass is 35.5. The summed E-state index contributed by atoms with van der Waals surface area (Å²) in [6.07, 6.45) is 0.764. The van der Waals surface area contributed by atoms with E-state index in [1.165, 1.54) is 6.07 Å². The number of aryl methyl sites for hydroxylation is 1. The van der Waals surface area contributed by atoms with Crippen molar-refractivity contribution in [2.45, 2.75) is 25.9 Å². The highest BCUT2D eigenvalue weighted by Crippen LogP contribution is 2.30. The first kappa shape index (κ1) is 13.0. The molecule has 88 valence electrons. The molecule has 0 aliphatic heterocycles. The molecular weight excluding hydrogens is 231 g/mol. The Morgan fingerprint density at radius 2 is 2.19 bits per heavy atom. The summed E-state index contributed by atoms with van der Waals surface area (Å²) in [6.45, 7) is 3.12. The van der Waals surface area contributed by atoms with E-state index in [0.717, 1.165) is 26.0 Å². The van der Waals surface area contributed by atoms with E-state index < -0.39 is 11.6 Å². The molecule has 1 aromatic rings. The van der Waals surface area contributed by atoms with Crippen molar-refractivity contribution in [3.05, 3.63) is 34.3 Å². The van der Waals surface area contributed by atoms with E-state index in [2.05, 4.69) is 4.74 Å². The van der Waals surface area contributed by atoms with Crippen LogP contribution in [0.4, 0.5) is 4.39 Å². The molecule has 0 aliphatic carbocycles. The van der Waals surface area contributed by atoms with Gasteiger partial charge in [0, 0.05) is 10.6 Å². The van der Waals surface area contributed by atoms with Gasteiger partial charge in [-0.15, -0.1) is 0 Å². The summed E-state index contributed by atoms with van der Waals surface area (Å²) in [5.74, 6) is -0.923. The molecule has 0 N–H and O–H groups in total. The van der Waals surface area contributed by atoms with Crippen molar-refractivity contribution < 1.29 is 13.9 Å². The Morgan fingerprint density at radius 3 is 2.62 bits per heavy atom. The third kappa shape index (κ3) is 2.35. The quantitative estimate of drug-likeness (QED) is 0.763. The van der Waals surface area contributed by atoms with Gasteiger partial charge in [-0.1, -0.05) is 30.7 Å². The van der Waals surface area contributed by atoms with Crippen LogP contribution in [0.3, 0.4) is 0 Å². The van der Waals surface area contributed by atoms with Crippen molar-refractivity contribution >= 4 is 17.6 Å². The third-order valence-corrected chi connectivity index (χ3v) is 2.90. The normalized spacial score (nSPS) is 14.3. The summed E-state index contributed by atoms with van der Waals surface area (Å²) in [5, 5.41) is 0.466. The van der Waals surface area contributed by atoms with Crippen molar-refractivity contribution in [1.29, 1.82) is 0 Å². The van der Waals surface area contributed by atoms with E-state index in [-0.39, 0.29) is 5.56 Å². The highest BCUT2D eigenvalue weighted by Gasteiger charge is 2.36. The highest BCUT2D eigenvalue weighted by molar-refractivity contribution is 6.31. The summed E-state index contributed by atoms with van der Waals surface area (Å²) in [7, 11) is 1.15. The number of carbonyl (C=O) groups is 1. The lowest BCUT2D eigenvalue weighted by Gasteiger charge is -2.18. The molecule has 0 bridgehead atoms. The second-order valence-electron chi connectivity index (χ2n) is 3.65. The van der Waals surface area contributed by atoms with Crippen LogP contribution in [0.1, 0.15) is 25.0 Å². The lowest BCUT2D eigenvalue weighted by atomic mass is 9.96. The standard InChI is InChI=1S/C12H14ClFO2/c1-4-8-5-6-9(7-10(8)13)12(2,14)11(15)16-3/h5-7H,4H2,1-3H3. The van der Waals surface area contributed by atoms with Crippen LogP contribution in [0.5, 0.6) is 0 Å². The van der Waals surface area contributed by atoms with Crippen molar-refractivity contribution in [3.63, 3.8) is 0 Å². The van der Waals surface area contributed by atoms with Gasteiger partial charge in [-0.2, -0.15) is 0 Å². The zero-order valence-corrected chi connectivity index (χ0v) is 10.3. The van der Waals surface area contributed by atoms with Gasteiger partial charge in [-0.25, -0.2) is 9.18 Å². The van der Waals surface area contributed by atoms with Gasteiger partial charge >= 0.3 is 5.97 Å². The zero-order chi connectivity index (χ0) is 12.3. The van der Waals surface area contributed by atoms with Gasteiger partial charge in [0.15, 0.2) is 0 Å². The third-order valence-electron chi connectivity index (χ3n) is 2.54. The summed E-state index contributed by atoms with van der Waals surface area (Å²) in [6, 6.07) is 4.75. The van der Waals surface area contributed by atoms with Crippen molar-refractivity contribution in [2.24, 2.45) is 0 Å². The van der Waals surface area contributed by atoms with Gasteiger partial charge in [-0.3, -0.25) is 0 Å². The Kier molecular flexibility index (Phi) is 3.92. The molecule has 0 saturated carbocycles. The largest absolute Gasteiger partial charge is 0.466 e. The predicted molar refractivity (Wildman–Crippen MR) is 61.3 cm³/mol. The maximum Gasteiger partial charge on any atom is 0.348 e. The van der Waals surface area contributed by atoms with Crippen LogP contribution in [0, 0.1) is 0 Å². The summed E-state index contributed by atoms with van der Waals surface area (Å²) in [5.41, 5.74) is -1.03. The number of methoxy groups -OCH3 is 1. The number of carbonyl (C=O) groups excluding carboxylic acids is 1. The molecule has 4 heteroatoms. The number of halogens is 2. The Bertz CT molecular complexity index is 402. The number of alkyl halides is 1. The van der Waals surface area contributed by atoms with E-state index in [4.69, 9.17) is 11.6 Å². The monoisotopic (exact) mass is 244 g/mol. The Hall–Kier alpha value is -1.09. The molecule has 16 heavy (non-hydrogen) atoms. The van der Waals surface area contributed by atoms with Crippen molar-refractivity contribution in [1.82, 2.24) is 0 Å². The molecule has 0 spiro atoms. The lowest BCUT2D eigenvalue weighted by molar-refractivity contribution is -0.154. The molecule has 0 amide bonds. The molecule has 2 nitrogen and oxygen atoms in total. The van der Waals surface area contributed by atoms with Crippen LogP contribution in [-0.4, -0.2) is 13.1 Å². The van der Waals surface area contributed by atoms with Crippen LogP contribution < -0.4 is 0 Å². The van der Waals surface area contributed by atoms with Crippen molar-refractivity contribution in [3.8, 4) is 0 Å². The van der Waals surface area contributed by atoms with Gasteiger partial charge < -0.3 is 4.74 Å². The molecule has 0 fully saturated rings. The minimum Gasteiger partial charge on any atom is -0.466 e. The minimum atomic E-state index is -2.16. The molecule has 1 aromatic carbocycles. The number of hydrogen-bond donors (Lipinski definition) is 0. The van der Waals surface area contributed by atoms with E-state index in [1.54, 1.807) is 12.1 Å². The van der Waals surface area contributed by atoms with E-state index in [1.807, 2.05) is 6.92 Å². The lowest BCUT2D eigenvalue weighted by Crippen LogP contribution is -2.28. The van der Waals surface area contributed by atoms with Crippen molar-refractivity contribution in [2.75, 3.05) is 7.11 Å². The van der Waals surface area contributed by atoms with Gasteiger partial charge in [0.2, 0.25) is 5.67 Å². The van der Waals surface area contributed by atoms with Gasteiger partial charge in [0.05, 0.1) is 7.11 Å². The second-order valence-corrected chi connectivity index (χ2v) is 4.06. The fourth-order valence-electron chi connectivity index (χ4n) is 1.44. The summed E-state index contributed by atoms with van der Waals surface area (Å²) < 4.78 is 18.5. The second kappa shape index (κ2) is 4.83. The molecule has 1 atom stereocenters. The number of benzene rings is 1. The Balaban J connectivity index is 3.14. The molecule has 1 unspecified atom stereocenters. The summed E-state index contributed by atoms with van der Waals surface area (Å²) >= 11 is 5.96. The Labute approximate surface area is 99.4 Å². The zero-order valence-electron chi connectivity index (χ0n) is 9.51. The fourth-order valence-corrected chi connectivity index (χ4v) is 1.75. The molecular formula is C12H14ClFO2. The predicted octanol–water partition coefficient (Wildman–Crippen LogP) is 3.26. The topological polar surface area (TPSA) is 26.3 Å². The molecule has 0 aromatic heterocycles. The number of hydrogen-bond acceptors (Lipinski definition) is 2. The molecule has 0 saturated heterocycles. The molecule has 0 heterocycles. The van der Waals surface area contributed by atoms with Crippen LogP contribution in [-0.2, 0) is 21.6 Å².